The first-order valence-electron chi connectivity index (χ1n) is 6.64. The van der Waals surface area contributed by atoms with Gasteiger partial charge in [-0.1, -0.05) is 12.1 Å². The minimum absolute atomic E-state index is 0.0888. The number of rotatable bonds is 1. The number of benzene rings is 1. The number of likely N-dealkylation sites (N-methyl/N-ethyl adjacent to an activating group) is 1. The topological polar surface area (TPSA) is 35.6 Å². The summed E-state index contributed by atoms with van der Waals surface area (Å²) in [6, 6.07) is 6.23. The van der Waals surface area contributed by atoms with Crippen molar-refractivity contribution >= 4 is 5.91 Å². The third-order valence-electron chi connectivity index (χ3n) is 3.97. The first kappa shape index (κ1) is 12.6. The smallest absolute Gasteiger partial charge is 0.244 e. The van der Waals surface area contributed by atoms with Crippen molar-refractivity contribution in [3.8, 4) is 0 Å². The van der Waals surface area contributed by atoms with Crippen LogP contribution in [0.15, 0.2) is 24.3 Å². The zero-order valence-electron chi connectivity index (χ0n) is 11.0. The number of fused-ring (bicyclic) bond motifs is 1. The molecule has 5 heteroatoms. The average molecular weight is 263 g/mol. The number of carbonyl (C=O) groups is 1. The van der Waals surface area contributed by atoms with Crippen LogP contribution in [0.1, 0.15) is 11.6 Å². The third-order valence-corrected chi connectivity index (χ3v) is 3.97. The van der Waals surface area contributed by atoms with E-state index in [4.69, 9.17) is 0 Å². The molecule has 2 aliphatic heterocycles. The predicted octanol–water partition coefficient (Wildman–Crippen LogP) is 0.613. The second-order valence-electron chi connectivity index (χ2n) is 5.29. The summed E-state index contributed by atoms with van der Waals surface area (Å²) >= 11 is 0. The Labute approximate surface area is 112 Å². The lowest BCUT2D eigenvalue weighted by Gasteiger charge is -2.46. The molecule has 2 fully saturated rings. The van der Waals surface area contributed by atoms with Gasteiger partial charge < -0.3 is 10.2 Å². The quantitative estimate of drug-likeness (QED) is 0.806. The highest BCUT2D eigenvalue weighted by Gasteiger charge is 2.40. The Hall–Kier alpha value is -1.46. The Morgan fingerprint density at radius 2 is 2.26 bits per heavy atom. The van der Waals surface area contributed by atoms with Gasteiger partial charge >= 0.3 is 0 Å². The number of amides is 1. The summed E-state index contributed by atoms with van der Waals surface area (Å²) in [7, 11) is 1.93. The molecule has 2 heterocycles. The molecule has 1 amide bonds. The predicted molar refractivity (Wildman–Crippen MR) is 70.1 cm³/mol. The number of nitrogens with zero attached hydrogens (tertiary/aromatic N) is 2. The van der Waals surface area contributed by atoms with Crippen molar-refractivity contribution in [2.45, 2.75) is 12.1 Å². The summed E-state index contributed by atoms with van der Waals surface area (Å²) in [5.74, 6) is -0.202. The molecule has 0 bridgehead atoms. The van der Waals surface area contributed by atoms with E-state index >= 15 is 0 Å². The summed E-state index contributed by atoms with van der Waals surface area (Å²) in [6.45, 7) is 3.23. The van der Waals surface area contributed by atoms with E-state index in [9.17, 15) is 9.18 Å². The normalized spacial score (nSPS) is 28.3. The van der Waals surface area contributed by atoms with Crippen LogP contribution in [-0.4, -0.2) is 55.0 Å². The molecule has 0 saturated carbocycles. The number of nitrogens with one attached hydrogen (secondary N) is 1. The minimum Gasteiger partial charge on any atom is -0.334 e. The molecule has 1 N–H and O–H groups in total. The fourth-order valence-corrected chi connectivity index (χ4v) is 3.07. The van der Waals surface area contributed by atoms with Gasteiger partial charge in [0.2, 0.25) is 5.91 Å². The summed E-state index contributed by atoms with van der Waals surface area (Å²) in [6.07, 6.45) is 0. The molecule has 2 saturated heterocycles. The Kier molecular flexibility index (Phi) is 3.24. The van der Waals surface area contributed by atoms with E-state index in [0.29, 0.717) is 0 Å². The molecule has 19 heavy (non-hydrogen) atoms. The van der Waals surface area contributed by atoms with Crippen LogP contribution in [0.4, 0.5) is 4.39 Å². The number of hydrogen-bond donors (Lipinski definition) is 1. The lowest BCUT2D eigenvalue weighted by atomic mass is 9.98. The maximum Gasteiger partial charge on any atom is 0.244 e. The van der Waals surface area contributed by atoms with Crippen molar-refractivity contribution in [2.24, 2.45) is 0 Å². The highest BCUT2D eigenvalue weighted by molar-refractivity contribution is 5.84. The van der Waals surface area contributed by atoms with E-state index in [1.165, 1.54) is 12.1 Å². The van der Waals surface area contributed by atoms with Gasteiger partial charge in [0, 0.05) is 26.2 Å². The van der Waals surface area contributed by atoms with E-state index in [2.05, 4.69) is 5.32 Å². The van der Waals surface area contributed by atoms with E-state index in [1.807, 2.05) is 22.9 Å². The Morgan fingerprint density at radius 1 is 1.42 bits per heavy atom. The lowest BCUT2D eigenvalue weighted by Crippen LogP contribution is -2.63. The van der Waals surface area contributed by atoms with Crippen LogP contribution in [0.3, 0.4) is 0 Å². The lowest BCUT2D eigenvalue weighted by molar-refractivity contribution is -0.146. The molecule has 0 radical (unpaired) electrons. The zero-order chi connectivity index (χ0) is 13.4. The SMILES string of the molecule is CN1CC2CNCCN2C(=O)C1c1cccc(F)c1. The van der Waals surface area contributed by atoms with Gasteiger partial charge in [0.05, 0.1) is 6.04 Å². The van der Waals surface area contributed by atoms with E-state index in [0.717, 1.165) is 31.7 Å². The molecule has 4 nitrogen and oxygen atoms in total. The van der Waals surface area contributed by atoms with Gasteiger partial charge in [-0.2, -0.15) is 0 Å². The molecule has 3 rings (SSSR count). The summed E-state index contributed by atoms with van der Waals surface area (Å²) in [4.78, 5) is 16.6. The van der Waals surface area contributed by atoms with Crippen LogP contribution >= 0.6 is 0 Å². The summed E-state index contributed by atoms with van der Waals surface area (Å²) < 4.78 is 13.4. The van der Waals surface area contributed by atoms with Crippen LogP contribution in [0.25, 0.3) is 0 Å². The molecule has 0 aromatic heterocycles. The standard InChI is InChI=1S/C14H18FN3O/c1-17-9-12-8-16-5-6-18(12)14(19)13(17)10-3-2-4-11(15)7-10/h2-4,7,12-13,16H,5-6,8-9H2,1H3. The van der Waals surface area contributed by atoms with E-state index < -0.39 is 0 Å². The molecule has 2 atom stereocenters. The molecule has 1 aromatic rings. The van der Waals surface area contributed by atoms with Crippen LogP contribution in [0.2, 0.25) is 0 Å². The van der Waals surface area contributed by atoms with Gasteiger partial charge in [0.25, 0.3) is 0 Å². The van der Waals surface area contributed by atoms with Crippen LogP contribution in [0.5, 0.6) is 0 Å². The number of halogens is 1. The Balaban J connectivity index is 1.90. The largest absolute Gasteiger partial charge is 0.334 e. The Morgan fingerprint density at radius 3 is 3.05 bits per heavy atom. The first-order chi connectivity index (χ1) is 9.16. The fraction of sp³-hybridized carbons (Fsp3) is 0.500. The van der Waals surface area contributed by atoms with Gasteiger partial charge in [-0.25, -0.2) is 4.39 Å². The molecule has 102 valence electrons. The molecular weight excluding hydrogens is 245 g/mol. The highest BCUT2D eigenvalue weighted by Crippen LogP contribution is 2.28. The molecule has 0 aliphatic carbocycles. The van der Waals surface area contributed by atoms with Crippen molar-refractivity contribution in [3.63, 3.8) is 0 Å². The second kappa shape index (κ2) is 4.90. The molecular formula is C14H18FN3O. The Bertz CT molecular complexity index is 493. The molecule has 1 aromatic carbocycles. The molecule has 2 unspecified atom stereocenters. The van der Waals surface area contributed by atoms with Gasteiger partial charge in [0.15, 0.2) is 0 Å². The van der Waals surface area contributed by atoms with Crippen molar-refractivity contribution in [1.82, 2.24) is 15.1 Å². The zero-order valence-corrected chi connectivity index (χ0v) is 11.0. The average Bonchev–Trinajstić information content (AvgIpc) is 2.39. The van der Waals surface area contributed by atoms with Crippen LogP contribution < -0.4 is 5.32 Å². The van der Waals surface area contributed by atoms with Gasteiger partial charge in [0.1, 0.15) is 11.9 Å². The third kappa shape index (κ3) is 2.24. The van der Waals surface area contributed by atoms with Crippen LogP contribution in [0, 0.1) is 5.82 Å². The number of piperazine rings is 2. The summed E-state index contributed by atoms with van der Waals surface area (Å²) in [5.41, 5.74) is 0.740. The van der Waals surface area contributed by atoms with Crippen molar-refractivity contribution < 1.29 is 9.18 Å². The van der Waals surface area contributed by atoms with Crippen LogP contribution in [-0.2, 0) is 4.79 Å². The van der Waals surface area contributed by atoms with Crippen molar-refractivity contribution in [2.75, 3.05) is 33.2 Å². The minimum atomic E-state index is -0.356. The maximum absolute atomic E-state index is 13.4. The van der Waals surface area contributed by atoms with Gasteiger partial charge in [-0.15, -0.1) is 0 Å². The highest BCUT2D eigenvalue weighted by atomic mass is 19.1. The van der Waals surface area contributed by atoms with E-state index in [1.54, 1.807) is 6.07 Å². The monoisotopic (exact) mass is 263 g/mol. The van der Waals surface area contributed by atoms with Crippen molar-refractivity contribution in [3.05, 3.63) is 35.6 Å². The van der Waals surface area contributed by atoms with Gasteiger partial charge in [-0.3, -0.25) is 9.69 Å². The number of carbonyl (C=O) groups excluding carboxylic acids is 1. The van der Waals surface area contributed by atoms with Gasteiger partial charge in [-0.05, 0) is 24.7 Å². The fourth-order valence-electron chi connectivity index (χ4n) is 3.07. The van der Waals surface area contributed by atoms with Crippen molar-refractivity contribution in [1.29, 1.82) is 0 Å². The molecule has 2 aliphatic rings. The summed E-state index contributed by atoms with van der Waals surface area (Å²) in [5, 5.41) is 3.31. The van der Waals surface area contributed by atoms with E-state index in [-0.39, 0.29) is 23.8 Å². The number of hydrogen-bond acceptors (Lipinski definition) is 3. The first-order valence-corrected chi connectivity index (χ1v) is 6.64. The molecule has 0 spiro atoms. The second-order valence-corrected chi connectivity index (χ2v) is 5.29. The maximum atomic E-state index is 13.4.